The number of alkyl halides is 1. The molecule has 0 bridgehead atoms. The molecular weight excluding hydrogens is 345 g/mol. The number of aromatic nitrogens is 4. The molecular formula is C16H20FN5O4. The zero-order valence-electron chi connectivity index (χ0n) is 14.5. The summed E-state index contributed by atoms with van der Waals surface area (Å²) in [5.74, 6) is 0.0467. The maximum atomic E-state index is 15.8. The first-order valence-corrected chi connectivity index (χ1v) is 7.90. The molecule has 0 radical (unpaired) electrons. The summed E-state index contributed by atoms with van der Waals surface area (Å²) in [5, 5.41) is 19.8. The highest BCUT2D eigenvalue weighted by atomic mass is 19.1. The molecule has 3 heterocycles. The predicted molar refractivity (Wildman–Crippen MR) is 90.1 cm³/mol. The topological polar surface area (TPSA) is 129 Å². The Morgan fingerprint density at radius 1 is 1.54 bits per heavy atom. The lowest BCUT2D eigenvalue weighted by atomic mass is 9.95. The third-order valence-corrected chi connectivity index (χ3v) is 4.10. The Balaban J connectivity index is 2.19. The molecule has 140 valence electrons. The zero-order valence-corrected chi connectivity index (χ0v) is 14.5. The van der Waals surface area contributed by atoms with E-state index in [1.165, 1.54) is 18.0 Å². The van der Waals surface area contributed by atoms with E-state index in [2.05, 4.69) is 20.7 Å². The van der Waals surface area contributed by atoms with Crippen molar-refractivity contribution in [3.8, 4) is 5.88 Å². The Morgan fingerprint density at radius 3 is 2.88 bits per heavy atom. The van der Waals surface area contributed by atoms with Crippen molar-refractivity contribution < 1.29 is 24.1 Å². The van der Waals surface area contributed by atoms with Crippen LogP contribution in [0.1, 0.15) is 20.1 Å². The standard InChI is InChI=1S/C16H20FN5O4/c1-8(2)4-5-16(17)11(24)9(6-23)26-14(16)22-7-19-10-12(22)20-15(18)21-13(10)25-3/h5,7,9,11,14,23-24H,6H2,1-3H3,(H2,18,20,21)/t9-,11-,14-,16-/m1/s1. The normalized spacial score (nSPS) is 28.2. The number of hydrogen-bond acceptors (Lipinski definition) is 8. The van der Waals surface area contributed by atoms with Gasteiger partial charge in [-0.2, -0.15) is 9.97 Å². The Labute approximate surface area is 148 Å². The van der Waals surface area contributed by atoms with Crippen LogP contribution in [0.4, 0.5) is 10.3 Å². The first kappa shape index (κ1) is 18.3. The van der Waals surface area contributed by atoms with Gasteiger partial charge in [-0.15, -0.1) is 5.73 Å². The minimum Gasteiger partial charge on any atom is -0.479 e. The molecule has 4 N–H and O–H groups in total. The van der Waals surface area contributed by atoms with Crippen molar-refractivity contribution in [1.29, 1.82) is 0 Å². The Kier molecular flexibility index (Phi) is 4.68. The van der Waals surface area contributed by atoms with E-state index in [0.29, 0.717) is 5.57 Å². The van der Waals surface area contributed by atoms with Crippen molar-refractivity contribution in [3.05, 3.63) is 23.7 Å². The van der Waals surface area contributed by atoms with Gasteiger partial charge in [0.25, 0.3) is 0 Å². The molecule has 26 heavy (non-hydrogen) atoms. The van der Waals surface area contributed by atoms with Gasteiger partial charge in [0.2, 0.25) is 17.5 Å². The number of ether oxygens (including phenoxy) is 2. The maximum Gasteiger partial charge on any atom is 0.246 e. The SMILES string of the molecule is COc1nc(N)nc2c1ncn2[C@@H]1O[C@H](CO)[C@@H](O)[C@]1(F)C=C=C(C)C. The van der Waals surface area contributed by atoms with Gasteiger partial charge in [-0.25, -0.2) is 9.37 Å². The number of aliphatic hydroxyl groups is 2. The summed E-state index contributed by atoms with van der Waals surface area (Å²) in [5.41, 5.74) is 7.22. The second-order valence-electron chi connectivity index (χ2n) is 6.19. The fourth-order valence-corrected chi connectivity index (χ4v) is 2.83. The Bertz CT molecular complexity index is 890. The average molecular weight is 365 g/mol. The number of hydrogen-bond donors (Lipinski definition) is 3. The lowest BCUT2D eigenvalue weighted by Gasteiger charge is -2.25. The molecule has 2 aromatic heterocycles. The number of halogens is 1. The molecule has 0 unspecified atom stereocenters. The number of nitrogens with zero attached hydrogens (tertiary/aromatic N) is 4. The number of nitrogen functional groups attached to an aromatic ring is 1. The molecule has 9 nitrogen and oxygen atoms in total. The van der Waals surface area contributed by atoms with E-state index in [9.17, 15) is 10.2 Å². The van der Waals surface area contributed by atoms with Crippen molar-refractivity contribution in [3.63, 3.8) is 0 Å². The lowest BCUT2D eigenvalue weighted by Crippen LogP contribution is -2.41. The van der Waals surface area contributed by atoms with E-state index >= 15 is 4.39 Å². The van der Waals surface area contributed by atoms with Crippen LogP contribution in [0.5, 0.6) is 5.88 Å². The van der Waals surface area contributed by atoms with Crippen molar-refractivity contribution in [1.82, 2.24) is 19.5 Å². The predicted octanol–water partition coefficient (Wildman–Crippen LogP) is 0.497. The summed E-state index contributed by atoms with van der Waals surface area (Å²) in [6.07, 6.45) is -1.68. The quantitative estimate of drug-likeness (QED) is 0.668. The van der Waals surface area contributed by atoms with Gasteiger partial charge in [-0.05, 0) is 19.4 Å². The summed E-state index contributed by atoms with van der Waals surface area (Å²) in [6.45, 7) is 2.93. The molecule has 1 fully saturated rings. The van der Waals surface area contributed by atoms with E-state index in [1.54, 1.807) is 13.8 Å². The monoisotopic (exact) mass is 365 g/mol. The highest BCUT2D eigenvalue weighted by molar-refractivity contribution is 5.77. The molecule has 4 atom stereocenters. The number of anilines is 1. The van der Waals surface area contributed by atoms with E-state index in [1.807, 2.05) is 0 Å². The smallest absolute Gasteiger partial charge is 0.246 e. The van der Waals surface area contributed by atoms with Gasteiger partial charge in [0.15, 0.2) is 17.4 Å². The van der Waals surface area contributed by atoms with Crippen LogP contribution in [0.3, 0.4) is 0 Å². The second-order valence-corrected chi connectivity index (χ2v) is 6.19. The molecule has 1 aliphatic rings. The van der Waals surface area contributed by atoms with Gasteiger partial charge < -0.3 is 25.4 Å². The number of methoxy groups -OCH3 is 1. The largest absolute Gasteiger partial charge is 0.479 e. The van der Waals surface area contributed by atoms with Crippen LogP contribution >= 0.6 is 0 Å². The van der Waals surface area contributed by atoms with Crippen LogP contribution in [0, 0.1) is 0 Å². The van der Waals surface area contributed by atoms with Crippen LogP contribution in [0.2, 0.25) is 0 Å². The van der Waals surface area contributed by atoms with Gasteiger partial charge in [0, 0.05) is 6.08 Å². The molecule has 0 saturated carbocycles. The minimum atomic E-state index is -2.37. The highest BCUT2D eigenvalue weighted by Gasteiger charge is 2.57. The van der Waals surface area contributed by atoms with Crippen LogP contribution in [-0.2, 0) is 4.74 Å². The molecule has 0 aromatic carbocycles. The van der Waals surface area contributed by atoms with E-state index in [4.69, 9.17) is 15.2 Å². The first-order chi connectivity index (χ1) is 12.3. The number of aliphatic hydroxyl groups excluding tert-OH is 2. The van der Waals surface area contributed by atoms with Crippen LogP contribution in [-0.4, -0.2) is 61.3 Å². The number of imidazole rings is 1. The van der Waals surface area contributed by atoms with Gasteiger partial charge in [0.1, 0.15) is 12.2 Å². The maximum absolute atomic E-state index is 15.8. The number of rotatable bonds is 4. The van der Waals surface area contributed by atoms with Gasteiger partial charge >= 0.3 is 0 Å². The second kappa shape index (κ2) is 6.65. The molecule has 1 aliphatic heterocycles. The zero-order chi connectivity index (χ0) is 19.1. The van der Waals surface area contributed by atoms with Gasteiger partial charge in [-0.3, -0.25) is 4.57 Å². The van der Waals surface area contributed by atoms with Crippen LogP contribution in [0.25, 0.3) is 11.2 Å². The molecule has 3 rings (SSSR count). The fraction of sp³-hybridized carbons (Fsp3) is 0.500. The van der Waals surface area contributed by atoms with Crippen molar-refractivity contribution in [2.24, 2.45) is 0 Å². The van der Waals surface area contributed by atoms with Crippen LogP contribution < -0.4 is 10.5 Å². The summed E-state index contributed by atoms with van der Waals surface area (Å²) in [6, 6.07) is 0. The van der Waals surface area contributed by atoms with Crippen molar-refractivity contribution >= 4 is 17.1 Å². The molecule has 2 aromatic rings. The Morgan fingerprint density at radius 2 is 2.27 bits per heavy atom. The van der Waals surface area contributed by atoms with E-state index in [-0.39, 0.29) is 23.0 Å². The molecule has 0 spiro atoms. The average Bonchev–Trinajstić information content (AvgIpc) is 3.12. The third kappa shape index (κ3) is 2.82. The van der Waals surface area contributed by atoms with Crippen molar-refractivity contribution in [2.75, 3.05) is 19.5 Å². The van der Waals surface area contributed by atoms with Crippen molar-refractivity contribution in [2.45, 2.75) is 38.0 Å². The molecule has 0 aliphatic carbocycles. The summed E-state index contributed by atoms with van der Waals surface area (Å²) >= 11 is 0. The molecule has 10 heteroatoms. The molecule has 1 saturated heterocycles. The number of nitrogens with two attached hydrogens (primary N) is 1. The fourth-order valence-electron chi connectivity index (χ4n) is 2.83. The van der Waals surface area contributed by atoms with Gasteiger partial charge in [0.05, 0.1) is 20.0 Å². The Hall–Kier alpha value is -2.52. The summed E-state index contributed by atoms with van der Waals surface area (Å²) in [7, 11) is 1.40. The highest BCUT2D eigenvalue weighted by Crippen LogP contribution is 2.44. The van der Waals surface area contributed by atoms with E-state index in [0.717, 1.165) is 6.08 Å². The number of fused-ring (bicyclic) bond motifs is 1. The third-order valence-electron chi connectivity index (χ3n) is 4.10. The minimum absolute atomic E-state index is 0.0855. The van der Waals surface area contributed by atoms with E-state index < -0.39 is 30.7 Å². The first-order valence-electron chi connectivity index (χ1n) is 7.90. The lowest BCUT2D eigenvalue weighted by molar-refractivity contribution is -0.0515. The summed E-state index contributed by atoms with van der Waals surface area (Å²) in [4.78, 5) is 12.1. The molecule has 0 amide bonds. The van der Waals surface area contributed by atoms with Crippen LogP contribution in [0.15, 0.2) is 23.7 Å². The van der Waals surface area contributed by atoms with Gasteiger partial charge in [-0.1, -0.05) is 0 Å². The summed E-state index contributed by atoms with van der Waals surface area (Å²) < 4.78 is 27.7.